The van der Waals surface area contributed by atoms with E-state index in [9.17, 15) is 5.11 Å². The lowest BCUT2D eigenvalue weighted by atomic mass is 9.72. The Kier molecular flexibility index (Phi) is 2.63. The number of phenolic OH excluding ortho intramolecular Hbond substituents is 1. The van der Waals surface area contributed by atoms with E-state index in [1.807, 2.05) is 31.2 Å². The van der Waals surface area contributed by atoms with E-state index in [0.717, 1.165) is 16.8 Å². The minimum atomic E-state index is -0.603. The van der Waals surface area contributed by atoms with Crippen LogP contribution >= 0.6 is 0 Å². The highest BCUT2D eigenvalue weighted by Gasteiger charge is 2.40. The molecule has 1 atom stereocenters. The van der Waals surface area contributed by atoms with Crippen LogP contribution in [0, 0.1) is 0 Å². The minimum absolute atomic E-state index is 0.238. The molecule has 1 aliphatic heterocycles. The van der Waals surface area contributed by atoms with Gasteiger partial charge in [-0.1, -0.05) is 18.2 Å². The lowest BCUT2D eigenvalue weighted by Gasteiger charge is -2.28. The molecular formula is C15H13N3O. The molecule has 0 fully saturated rings. The van der Waals surface area contributed by atoms with Crippen LogP contribution in [0.2, 0.25) is 0 Å². The van der Waals surface area contributed by atoms with Gasteiger partial charge in [0.05, 0.1) is 5.71 Å². The highest BCUT2D eigenvalue weighted by Crippen LogP contribution is 2.39. The Labute approximate surface area is 111 Å². The third-order valence-electron chi connectivity index (χ3n) is 3.49. The SMILES string of the molecule is CC1=NN=CC1(c1ccncc1)c1ccccc1O. The normalized spacial score (nSPS) is 21.4. The van der Waals surface area contributed by atoms with Gasteiger partial charge in [-0.05, 0) is 30.7 Å². The van der Waals surface area contributed by atoms with Crippen LogP contribution in [0.1, 0.15) is 18.1 Å². The van der Waals surface area contributed by atoms with Gasteiger partial charge in [-0.15, -0.1) is 0 Å². The number of rotatable bonds is 2. The molecule has 0 saturated carbocycles. The van der Waals surface area contributed by atoms with Gasteiger partial charge in [0.15, 0.2) is 0 Å². The molecule has 19 heavy (non-hydrogen) atoms. The van der Waals surface area contributed by atoms with Gasteiger partial charge in [0.2, 0.25) is 0 Å². The minimum Gasteiger partial charge on any atom is -0.508 e. The summed E-state index contributed by atoms with van der Waals surface area (Å²) in [4.78, 5) is 4.04. The number of para-hydroxylation sites is 1. The van der Waals surface area contributed by atoms with Crippen molar-refractivity contribution in [2.24, 2.45) is 10.2 Å². The number of nitrogens with zero attached hydrogens (tertiary/aromatic N) is 3. The predicted octanol–water partition coefficient (Wildman–Crippen LogP) is 2.53. The fourth-order valence-electron chi connectivity index (χ4n) is 2.50. The van der Waals surface area contributed by atoms with Crippen molar-refractivity contribution >= 4 is 11.9 Å². The van der Waals surface area contributed by atoms with Crippen molar-refractivity contribution in [3.05, 3.63) is 59.9 Å². The maximum atomic E-state index is 10.2. The Balaban J connectivity index is 2.29. The summed E-state index contributed by atoms with van der Waals surface area (Å²) in [6, 6.07) is 11.1. The van der Waals surface area contributed by atoms with Crippen molar-refractivity contribution in [3.63, 3.8) is 0 Å². The number of pyridine rings is 1. The Morgan fingerprint density at radius 2 is 1.79 bits per heavy atom. The average Bonchev–Trinajstić information content (AvgIpc) is 2.83. The average molecular weight is 251 g/mol. The first-order valence-electron chi connectivity index (χ1n) is 6.03. The van der Waals surface area contributed by atoms with Gasteiger partial charge in [-0.25, -0.2) is 0 Å². The molecule has 1 N–H and O–H groups in total. The van der Waals surface area contributed by atoms with Crippen LogP contribution in [0.3, 0.4) is 0 Å². The van der Waals surface area contributed by atoms with E-state index >= 15 is 0 Å². The van der Waals surface area contributed by atoms with E-state index in [4.69, 9.17) is 0 Å². The fourth-order valence-corrected chi connectivity index (χ4v) is 2.50. The maximum Gasteiger partial charge on any atom is 0.120 e. The molecule has 1 aromatic heterocycles. The Morgan fingerprint density at radius 1 is 1.05 bits per heavy atom. The van der Waals surface area contributed by atoms with Crippen molar-refractivity contribution in [1.29, 1.82) is 0 Å². The quantitative estimate of drug-likeness (QED) is 0.891. The second-order valence-electron chi connectivity index (χ2n) is 4.49. The second kappa shape index (κ2) is 4.31. The number of benzene rings is 1. The first kappa shape index (κ1) is 11.6. The zero-order valence-corrected chi connectivity index (χ0v) is 10.5. The topological polar surface area (TPSA) is 57.8 Å². The van der Waals surface area contributed by atoms with Gasteiger partial charge >= 0.3 is 0 Å². The highest BCUT2D eigenvalue weighted by atomic mass is 16.3. The molecular weight excluding hydrogens is 238 g/mol. The summed E-state index contributed by atoms with van der Waals surface area (Å²) in [6.07, 6.45) is 5.24. The van der Waals surface area contributed by atoms with Gasteiger partial charge < -0.3 is 5.11 Å². The zero-order valence-electron chi connectivity index (χ0n) is 10.5. The molecule has 1 aliphatic rings. The van der Waals surface area contributed by atoms with Gasteiger partial charge in [0.25, 0.3) is 0 Å². The van der Waals surface area contributed by atoms with Crippen molar-refractivity contribution < 1.29 is 5.11 Å². The van der Waals surface area contributed by atoms with Gasteiger partial charge in [-0.2, -0.15) is 10.2 Å². The summed E-state index contributed by atoms with van der Waals surface area (Å²) in [6.45, 7) is 1.92. The Bertz CT molecular complexity index is 664. The molecule has 2 heterocycles. The maximum absolute atomic E-state index is 10.2. The van der Waals surface area contributed by atoms with Crippen LogP contribution in [-0.2, 0) is 5.41 Å². The lowest BCUT2D eigenvalue weighted by Crippen LogP contribution is -2.35. The molecule has 0 amide bonds. The summed E-state index contributed by atoms with van der Waals surface area (Å²) in [5.74, 6) is 0.238. The zero-order chi connectivity index (χ0) is 13.3. The van der Waals surface area contributed by atoms with Crippen molar-refractivity contribution in [1.82, 2.24) is 4.98 Å². The molecule has 4 heteroatoms. The van der Waals surface area contributed by atoms with E-state index in [-0.39, 0.29) is 5.75 Å². The third kappa shape index (κ3) is 1.64. The van der Waals surface area contributed by atoms with E-state index in [2.05, 4.69) is 15.2 Å². The number of hydrogen-bond donors (Lipinski definition) is 1. The number of phenols is 1. The molecule has 3 rings (SSSR count). The van der Waals surface area contributed by atoms with Crippen LogP contribution in [0.25, 0.3) is 0 Å². The molecule has 2 aromatic rings. The summed E-state index contributed by atoms with van der Waals surface area (Å²) in [7, 11) is 0. The van der Waals surface area contributed by atoms with E-state index in [0.29, 0.717) is 0 Å². The van der Waals surface area contributed by atoms with Crippen LogP contribution in [0.15, 0.2) is 59.0 Å². The number of aromatic hydroxyl groups is 1. The highest BCUT2D eigenvalue weighted by molar-refractivity contribution is 6.13. The molecule has 0 bridgehead atoms. The first-order valence-corrected chi connectivity index (χ1v) is 6.03. The van der Waals surface area contributed by atoms with E-state index in [1.54, 1.807) is 30.7 Å². The number of aromatic nitrogens is 1. The standard InChI is InChI=1S/C15H13N3O/c1-11-15(10-17-18-11,12-6-8-16-9-7-12)13-4-2-3-5-14(13)19/h2-10,19H,1H3. The Morgan fingerprint density at radius 3 is 2.42 bits per heavy atom. The lowest BCUT2D eigenvalue weighted by molar-refractivity contribution is 0.466. The molecule has 0 saturated heterocycles. The molecule has 4 nitrogen and oxygen atoms in total. The van der Waals surface area contributed by atoms with Crippen molar-refractivity contribution in [2.75, 3.05) is 0 Å². The summed E-state index contributed by atoms with van der Waals surface area (Å²) in [5, 5.41) is 18.4. The van der Waals surface area contributed by atoms with Crippen molar-refractivity contribution in [3.8, 4) is 5.75 Å². The number of hydrogen-bond acceptors (Lipinski definition) is 4. The van der Waals surface area contributed by atoms with Gasteiger partial charge in [0.1, 0.15) is 11.2 Å². The summed E-state index contributed by atoms with van der Waals surface area (Å²) >= 11 is 0. The van der Waals surface area contributed by atoms with Crippen LogP contribution in [0.5, 0.6) is 5.75 Å². The Hall–Kier alpha value is -2.49. The molecule has 0 spiro atoms. The summed E-state index contributed by atoms with van der Waals surface area (Å²) < 4.78 is 0. The molecule has 0 radical (unpaired) electrons. The predicted molar refractivity (Wildman–Crippen MR) is 74.7 cm³/mol. The van der Waals surface area contributed by atoms with Gasteiger partial charge in [-0.3, -0.25) is 4.98 Å². The molecule has 1 aromatic carbocycles. The third-order valence-corrected chi connectivity index (χ3v) is 3.49. The first-order chi connectivity index (χ1) is 9.25. The van der Waals surface area contributed by atoms with Crippen LogP contribution in [-0.4, -0.2) is 22.0 Å². The smallest absolute Gasteiger partial charge is 0.120 e. The van der Waals surface area contributed by atoms with Crippen molar-refractivity contribution in [2.45, 2.75) is 12.3 Å². The van der Waals surface area contributed by atoms with Crippen LogP contribution < -0.4 is 0 Å². The largest absolute Gasteiger partial charge is 0.508 e. The van der Waals surface area contributed by atoms with E-state index in [1.165, 1.54) is 0 Å². The molecule has 0 aliphatic carbocycles. The second-order valence-corrected chi connectivity index (χ2v) is 4.49. The van der Waals surface area contributed by atoms with Gasteiger partial charge in [0, 0.05) is 24.2 Å². The summed E-state index contributed by atoms with van der Waals surface area (Å²) in [5.41, 5.74) is 2.00. The molecule has 94 valence electrons. The fraction of sp³-hybridized carbons (Fsp3) is 0.133. The van der Waals surface area contributed by atoms with E-state index < -0.39 is 5.41 Å². The monoisotopic (exact) mass is 251 g/mol. The molecule has 1 unspecified atom stereocenters. The van der Waals surface area contributed by atoms with Crippen LogP contribution in [0.4, 0.5) is 0 Å².